The van der Waals surface area contributed by atoms with Gasteiger partial charge in [0, 0.05) is 13.2 Å². The molecule has 1 aromatic heterocycles. The van der Waals surface area contributed by atoms with Crippen LogP contribution in [0.1, 0.15) is 53.8 Å². The monoisotopic (exact) mass is 328 g/mol. The van der Waals surface area contributed by atoms with Gasteiger partial charge in [-0.05, 0) is 31.9 Å². The zero-order valence-corrected chi connectivity index (χ0v) is 14.3. The molecule has 0 atom stereocenters. The molecule has 24 heavy (non-hydrogen) atoms. The molecule has 1 amide bonds. The third-order valence-corrected chi connectivity index (χ3v) is 4.48. The first-order chi connectivity index (χ1) is 11.7. The van der Waals surface area contributed by atoms with Gasteiger partial charge in [0.15, 0.2) is 5.69 Å². The van der Waals surface area contributed by atoms with Crippen LogP contribution in [0.15, 0.2) is 24.3 Å². The van der Waals surface area contributed by atoms with E-state index in [-0.39, 0.29) is 18.6 Å². The number of hydrogen-bond donors (Lipinski definition) is 1. The predicted octanol–water partition coefficient (Wildman–Crippen LogP) is 2.78. The Morgan fingerprint density at radius 2 is 1.96 bits per heavy atom. The van der Waals surface area contributed by atoms with Crippen molar-refractivity contribution in [2.45, 2.75) is 51.7 Å². The van der Waals surface area contributed by atoms with Gasteiger partial charge in [0.2, 0.25) is 0 Å². The summed E-state index contributed by atoms with van der Waals surface area (Å²) in [7, 11) is 1.61. The Morgan fingerprint density at radius 3 is 2.62 bits per heavy atom. The molecule has 1 aromatic carbocycles. The molecule has 128 valence electrons. The van der Waals surface area contributed by atoms with E-state index in [1.165, 1.54) is 24.8 Å². The molecule has 1 N–H and O–H groups in total. The van der Waals surface area contributed by atoms with Crippen LogP contribution in [0.4, 0.5) is 0 Å². The molecule has 1 aliphatic carbocycles. The molecule has 3 rings (SSSR count). The number of aromatic nitrogens is 3. The van der Waals surface area contributed by atoms with Crippen molar-refractivity contribution in [2.75, 3.05) is 7.11 Å². The lowest BCUT2D eigenvalue weighted by Crippen LogP contribution is -2.36. The van der Waals surface area contributed by atoms with E-state index in [9.17, 15) is 4.79 Å². The second-order valence-electron chi connectivity index (χ2n) is 6.37. The van der Waals surface area contributed by atoms with E-state index in [0.717, 1.165) is 18.5 Å². The number of rotatable bonds is 5. The summed E-state index contributed by atoms with van der Waals surface area (Å²) in [4.78, 5) is 12.6. The number of carbonyl (C=O) groups excluding carboxylic acids is 1. The number of benzene rings is 1. The Hall–Kier alpha value is -2.21. The lowest BCUT2D eigenvalue weighted by molar-refractivity contribution is 0.0917. The van der Waals surface area contributed by atoms with Gasteiger partial charge in [-0.25, -0.2) is 4.68 Å². The molecule has 1 aliphatic rings. The van der Waals surface area contributed by atoms with E-state index in [0.29, 0.717) is 11.4 Å². The summed E-state index contributed by atoms with van der Waals surface area (Å²) >= 11 is 0. The molecule has 0 saturated heterocycles. The highest BCUT2D eigenvalue weighted by Crippen LogP contribution is 2.19. The summed E-state index contributed by atoms with van der Waals surface area (Å²) in [5.41, 5.74) is 3.07. The molecule has 1 heterocycles. The van der Waals surface area contributed by atoms with E-state index in [4.69, 9.17) is 4.74 Å². The minimum atomic E-state index is -0.160. The highest BCUT2D eigenvalue weighted by atomic mass is 16.5. The Labute approximate surface area is 142 Å². The molecule has 1 saturated carbocycles. The van der Waals surface area contributed by atoms with E-state index < -0.39 is 0 Å². The van der Waals surface area contributed by atoms with Crippen molar-refractivity contribution < 1.29 is 9.53 Å². The number of ether oxygens (including phenoxy) is 1. The van der Waals surface area contributed by atoms with Gasteiger partial charge in [-0.15, -0.1) is 5.10 Å². The van der Waals surface area contributed by atoms with Crippen molar-refractivity contribution in [2.24, 2.45) is 0 Å². The number of carbonyl (C=O) groups is 1. The Kier molecular flexibility index (Phi) is 5.25. The van der Waals surface area contributed by atoms with Crippen molar-refractivity contribution in [1.29, 1.82) is 0 Å². The average molecular weight is 328 g/mol. The first kappa shape index (κ1) is 16.6. The quantitative estimate of drug-likeness (QED) is 0.916. The van der Waals surface area contributed by atoms with Crippen LogP contribution in [0.5, 0.6) is 0 Å². The summed E-state index contributed by atoms with van der Waals surface area (Å²) < 4.78 is 6.95. The molecular weight excluding hydrogens is 304 g/mol. The maximum Gasteiger partial charge on any atom is 0.274 e. The lowest BCUT2D eigenvalue weighted by atomic mass is 9.95. The standard InChI is InChI=1S/C18H24N4O2/c1-13-8-10-15(11-9-13)22-16(12-24-2)17(20-21-22)18(23)19-14-6-4-3-5-7-14/h8-11,14H,3-7,12H2,1-2H3,(H,19,23). The predicted molar refractivity (Wildman–Crippen MR) is 91.1 cm³/mol. The first-order valence-corrected chi connectivity index (χ1v) is 8.50. The largest absolute Gasteiger partial charge is 0.378 e. The molecule has 1 fully saturated rings. The van der Waals surface area contributed by atoms with Crippen LogP contribution >= 0.6 is 0 Å². The summed E-state index contributed by atoms with van der Waals surface area (Å²) in [5, 5.41) is 11.4. The minimum Gasteiger partial charge on any atom is -0.378 e. The number of nitrogens with zero attached hydrogens (tertiary/aromatic N) is 3. The second-order valence-corrected chi connectivity index (χ2v) is 6.37. The normalized spacial score (nSPS) is 15.4. The topological polar surface area (TPSA) is 69.0 Å². The van der Waals surface area contributed by atoms with Gasteiger partial charge in [0.1, 0.15) is 5.69 Å². The summed E-state index contributed by atoms with van der Waals surface area (Å²) in [5.74, 6) is -0.160. The first-order valence-electron chi connectivity index (χ1n) is 8.50. The molecule has 0 unspecified atom stereocenters. The van der Waals surface area contributed by atoms with Gasteiger partial charge in [-0.2, -0.15) is 0 Å². The Bertz CT molecular complexity index is 688. The molecule has 0 bridgehead atoms. The van der Waals surface area contributed by atoms with Gasteiger partial charge >= 0.3 is 0 Å². The SMILES string of the molecule is COCc1c(C(=O)NC2CCCCC2)nnn1-c1ccc(C)cc1. The van der Waals surface area contributed by atoms with E-state index in [2.05, 4.69) is 15.6 Å². The fourth-order valence-electron chi connectivity index (χ4n) is 3.14. The highest BCUT2D eigenvalue weighted by Gasteiger charge is 2.23. The summed E-state index contributed by atoms with van der Waals surface area (Å²) in [6.45, 7) is 2.32. The van der Waals surface area contributed by atoms with Crippen LogP contribution in [0.25, 0.3) is 5.69 Å². The minimum absolute atomic E-state index is 0.160. The number of aryl methyl sites for hydroxylation is 1. The van der Waals surface area contributed by atoms with Gasteiger partial charge in [0.25, 0.3) is 5.91 Å². The number of methoxy groups -OCH3 is 1. The van der Waals surface area contributed by atoms with Gasteiger partial charge in [-0.3, -0.25) is 4.79 Å². The second kappa shape index (κ2) is 7.57. The van der Waals surface area contributed by atoms with Crippen molar-refractivity contribution in [1.82, 2.24) is 20.3 Å². The fraction of sp³-hybridized carbons (Fsp3) is 0.500. The van der Waals surface area contributed by atoms with E-state index in [1.807, 2.05) is 31.2 Å². The molecule has 6 heteroatoms. The third-order valence-electron chi connectivity index (χ3n) is 4.48. The Balaban J connectivity index is 1.84. The maximum atomic E-state index is 12.6. The molecule has 0 spiro atoms. The lowest BCUT2D eigenvalue weighted by Gasteiger charge is -2.22. The van der Waals surface area contributed by atoms with Crippen molar-refractivity contribution in [3.05, 3.63) is 41.2 Å². The van der Waals surface area contributed by atoms with Gasteiger partial charge < -0.3 is 10.1 Å². The molecule has 0 radical (unpaired) electrons. The average Bonchev–Trinajstić information content (AvgIpc) is 3.01. The van der Waals surface area contributed by atoms with Crippen molar-refractivity contribution in [3.8, 4) is 5.69 Å². The number of nitrogens with one attached hydrogen (secondary N) is 1. The number of amides is 1. The van der Waals surface area contributed by atoms with Gasteiger partial charge in [-0.1, -0.05) is 42.2 Å². The maximum absolute atomic E-state index is 12.6. The summed E-state index contributed by atoms with van der Waals surface area (Å²) in [6, 6.07) is 8.19. The highest BCUT2D eigenvalue weighted by molar-refractivity contribution is 5.93. The molecule has 0 aliphatic heterocycles. The van der Waals surface area contributed by atoms with Crippen LogP contribution in [-0.4, -0.2) is 34.1 Å². The summed E-state index contributed by atoms with van der Waals surface area (Å²) in [6.07, 6.45) is 5.68. The van der Waals surface area contributed by atoms with Crippen LogP contribution in [0.2, 0.25) is 0 Å². The smallest absolute Gasteiger partial charge is 0.274 e. The van der Waals surface area contributed by atoms with Crippen LogP contribution in [-0.2, 0) is 11.3 Å². The van der Waals surface area contributed by atoms with E-state index in [1.54, 1.807) is 11.8 Å². The van der Waals surface area contributed by atoms with E-state index >= 15 is 0 Å². The third kappa shape index (κ3) is 3.64. The Morgan fingerprint density at radius 1 is 1.25 bits per heavy atom. The van der Waals surface area contributed by atoms with Crippen molar-refractivity contribution >= 4 is 5.91 Å². The van der Waals surface area contributed by atoms with Crippen molar-refractivity contribution in [3.63, 3.8) is 0 Å². The zero-order chi connectivity index (χ0) is 16.9. The fourth-order valence-corrected chi connectivity index (χ4v) is 3.14. The van der Waals surface area contributed by atoms with Crippen LogP contribution in [0, 0.1) is 6.92 Å². The van der Waals surface area contributed by atoms with Crippen LogP contribution < -0.4 is 5.32 Å². The number of hydrogen-bond acceptors (Lipinski definition) is 4. The van der Waals surface area contributed by atoms with Crippen LogP contribution in [0.3, 0.4) is 0 Å². The molecule has 6 nitrogen and oxygen atoms in total. The molecular formula is C18H24N4O2. The van der Waals surface area contributed by atoms with Gasteiger partial charge in [0.05, 0.1) is 12.3 Å². The zero-order valence-electron chi connectivity index (χ0n) is 14.3. The molecule has 2 aromatic rings.